The van der Waals surface area contributed by atoms with E-state index < -0.39 is 0 Å². The Labute approximate surface area is 543 Å². The van der Waals surface area contributed by atoms with E-state index in [0.29, 0.717) is 0 Å². The Morgan fingerprint density at radius 3 is 1.39 bits per heavy atom. The summed E-state index contributed by atoms with van der Waals surface area (Å²) in [7, 11) is 0. The van der Waals surface area contributed by atoms with Crippen molar-refractivity contribution in [2.24, 2.45) is 0 Å². The van der Waals surface area contributed by atoms with Gasteiger partial charge >= 0.3 is 0 Å². The number of furan rings is 2. The van der Waals surface area contributed by atoms with Gasteiger partial charge < -0.3 is 28.4 Å². The van der Waals surface area contributed by atoms with Gasteiger partial charge in [0.2, 0.25) is 0 Å². The molecule has 0 radical (unpaired) electrons. The molecule has 13 aromatic carbocycles. The van der Waals surface area contributed by atoms with Crippen LogP contribution in [0.2, 0.25) is 0 Å². The first-order chi connectivity index (χ1) is 45.4. The Kier molecular flexibility index (Phi) is 13.0. The van der Waals surface area contributed by atoms with E-state index in [1.807, 2.05) is 0 Å². The Morgan fingerprint density at radius 2 is 0.763 bits per heavy atom. The third-order valence-corrected chi connectivity index (χ3v) is 19.1. The Morgan fingerprint density at radius 1 is 0.301 bits per heavy atom. The molecule has 2 aliphatic heterocycles. The standard InChI is InChI=1S/C86H67BN4O2/c1-85(2,3)60-38-44-64(45-39-60)90-76-51-67(89(66-29-20-26-59(50-66)57-24-12-8-13-25-57)75-33-21-32-71-69-30-16-19-35-81(69)93-84(71)75)48-49-73(76)87-74-54-72-70-31-17-18-34-80(70)92-82(72)55-77(74)91(65-46-40-61(41-47-65)86(4,5)6)79-53-68(52-78(90)83(79)87)88(62-27-14-9-15-28-62)63-42-36-58(37-43-63)56-22-10-7-11-23-56/h7-55H,1-6H3. The smallest absolute Gasteiger partial charge is 0.252 e. The van der Waals surface area contributed by atoms with Gasteiger partial charge in [-0.2, -0.15) is 0 Å². The molecule has 0 aliphatic carbocycles. The van der Waals surface area contributed by atoms with Crippen molar-refractivity contribution in [3.63, 3.8) is 0 Å². The van der Waals surface area contributed by atoms with Crippen LogP contribution in [-0.4, -0.2) is 6.71 Å². The second-order valence-electron chi connectivity index (χ2n) is 26.9. The molecule has 0 spiro atoms. The fraction of sp³-hybridized carbons (Fsp3) is 0.0930. The van der Waals surface area contributed by atoms with Gasteiger partial charge in [-0.3, -0.25) is 0 Å². The SMILES string of the molecule is CC(C)(C)c1ccc(N2c3cc(N(c4cccc(-c5ccccc5)c4)c4cccc5c4oc4ccccc45)ccc3B3c4cc5c(cc4N(c4ccc(C(C)(C)C)cc4)c4cc(N(c6ccccc6)c6ccc(-c7ccccc7)cc6)cc2c43)oc2ccccc25)cc1. The molecule has 2 aliphatic rings. The molecule has 446 valence electrons. The first kappa shape index (κ1) is 55.8. The van der Waals surface area contributed by atoms with Crippen molar-refractivity contribution in [3.8, 4) is 22.3 Å². The molecule has 0 unspecified atom stereocenters. The van der Waals surface area contributed by atoms with E-state index in [1.165, 1.54) is 33.1 Å². The topological polar surface area (TPSA) is 39.2 Å². The molecule has 6 nitrogen and oxygen atoms in total. The number of benzene rings is 13. The fourth-order valence-electron chi connectivity index (χ4n) is 14.5. The molecule has 0 bridgehead atoms. The molecule has 0 saturated heterocycles. The highest BCUT2D eigenvalue weighted by atomic mass is 16.3. The van der Waals surface area contributed by atoms with Crippen LogP contribution < -0.4 is 36.0 Å². The maximum absolute atomic E-state index is 7.00. The van der Waals surface area contributed by atoms with Gasteiger partial charge in [-0.25, -0.2) is 0 Å². The van der Waals surface area contributed by atoms with Gasteiger partial charge in [-0.05, 0) is 164 Å². The molecule has 7 heteroatoms. The zero-order valence-corrected chi connectivity index (χ0v) is 53.0. The normalized spacial score (nSPS) is 12.8. The summed E-state index contributed by atoms with van der Waals surface area (Å²) in [5.74, 6) is 0. The van der Waals surface area contributed by atoms with Gasteiger partial charge in [0.25, 0.3) is 6.71 Å². The van der Waals surface area contributed by atoms with Gasteiger partial charge in [0.1, 0.15) is 16.7 Å². The van der Waals surface area contributed by atoms with E-state index in [-0.39, 0.29) is 17.5 Å². The molecule has 2 aromatic heterocycles. The summed E-state index contributed by atoms with van der Waals surface area (Å²) in [6, 6.07) is 109. The lowest BCUT2D eigenvalue weighted by atomic mass is 9.33. The third-order valence-electron chi connectivity index (χ3n) is 19.1. The molecule has 15 aromatic rings. The minimum Gasteiger partial charge on any atom is -0.456 e. The van der Waals surface area contributed by atoms with Crippen molar-refractivity contribution in [1.29, 1.82) is 0 Å². The summed E-state index contributed by atoms with van der Waals surface area (Å²) >= 11 is 0. The molecule has 0 N–H and O–H groups in total. The van der Waals surface area contributed by atoms with Crippen LogP contribution in [-0.2, 0) is 10.8 Å². The zero-order valence-electron chi connectivity index (χ0n) is 53.0. The molecular weight excluding hydrogens is 1130 g/mol. The van der Waals surface area contributed by atoms with Crippen LogP contribution in [0.5, 0.6) is 0 Å². The summed E-state index contributed by atoms with van der Waals surface area (Å²) in [4.78, 5) is 9.92. The average Bonchev–Trinajstić information content (AvgIpc) is 1.19. The predicted octanol–water partition coefficient (Wildman–Crippen LogP) is 22.4. The summed E-state index contributed by atoms with van der Waals surface area (Å²) in [5.41, 5.74) is 26.4. The second kappa shape index (κ2) is 21.7. The number of para-hydroxylation sites is 4. The molecule has 0 amide bonds. The van der Waals surface area contributed by atoms with Gasteiger partial charge in [-0.1, -0.05) is 230 Å². The quantitative estimate of drug-likeness (QED) is 0.127. The van der Waals surface area contributed by atoms with Crippen molar-refractivity contribution in [3.05, 3.63) is 308 Å². The zero-order chi connectivity index (χ0) is 62.7. The number of hydrogen-bond donors (Lipinski definition) is 0. The van der Waals surface area contributed by atoms with Crippen LogP contribution in [0.3, 0.4) is 0 Å². The first-order valence-electron chi connectivity index (χ1n) is 32.3. The number of nitrogens with zero attached hydrogens (tertiary/aromatic N) is 4. The van der Waals surface area contributed by atoms with Crippen molar-refractivity contribution in [1.82, 2.24) is 0 Å². The Hall–Kier alpha value is -11.3. The molecule has 4 heterocycles. The maximum atomic E-state index is 7.00. The van der Waals surface area contributed by atoms with E-state index in [4.69, 9.17) is 8.83 Å². The van der Waals surface area contributed by atoms with Crippen molar-refractivity contribution in [2.45, 2.75) is 52.4 Å². The van der Waals surface area contributed by atoms with Gasteiger partial charge in [0, 0.05) is 84.5 Å². The van der Waals surface area contributed by atoms with E-state index in [0.717, 1.165) is 129 Å². The number of anilines is 12. The minimum absolute atomic E-state index is 0.0559. The van der Waals surface area contributed by atoms with Gasteiger partial charge in [0.15, 0.2) is 5.58 Å². The van der Waals surface area contributed by atoms with E-state index in [2.05, 4.69) is 358 Å². The highest BCUT2D eigenvalue weighted by Crippen LogP contribution is 2.52. The molecule has 93 heavy (non-hydrogen) atoms. The third kappa shape index (κ3) is 9.48. The minimum atomic E-state index is -0.236. The Bertz CT molecular complexity index is 5360. The largest absolute Gasteiger partial charge is 0.456 e. The molecule has 0 fully saturated rings. The van der Waals surface area contributed by atoms with Crippen LogP contribution in [0.4, 0.5) is 68.2 Å². The summed E-state index contributed by atoms with van der Waals surface area (Å²) in [6.07, 6.45) is 0. The summed E-state index contributed by atoms with van der Waals surface area (Å²) < 4.78 is 13.9. The van der Waals surface area contributed by atoms with Gasteiger partial charge in [-0.15, -0.1) is 0 Å². The van der Waals surface area contributed by atoms with Gasteiger partial charge in [0.05, 0.1) is 11.4 Å². The molecule has 0 atom stereocenters. The molecule has 0 saturated carbocycles. The van der Waals surface area contributed by atoms with Crippen molar-refractivity contribution in [2.75, 3.05) is 19.6 Å². The lowest BCUT2D eigenvalue weighted by Crippen LogP contribution is -2.61. The molecule has 17 rings (SSSR count). The first-order valence-corrected chi connectivity index (χ1v) is 32.3. The van der Waals surface area contributed by atoms with Crippen LogP contribution in [0.15, 0.2) is 306 Å². The second-order valence-corrected chi connectivity index (χ2v) is 26.9. The van der Waals surface area contributed by atoms with E-state index in [1.54, 1.807) is 0 Å². The lowest BCUT2D eigenvalue weighted by Gasteiger charge is -2.45. The molecular formula is C86H67BN4O2. The Balaban J connectivity index is 0.980. The average molecular weight is 1200 g/mol. The van der Waals surface area contributed by atoms with Crippen LogP contribution >= 0.6 is 0 Å². The monoisotopic (exact) mass is 1200 g/mol. The van der Waals surface area contributed by atoms with Crippen LogP contribution in [0, 0.1) is 0 Å². The lowest BCUT2D eigenvalue weighted by molar-refractivity contribution is 0.590. The summed E-state index contributed by atoms with van der Waals surface area (Å²) in [5, 5.41) is 4.32. The number of hydrogen-bond acceptors (Lipinski definition) is 6. The van der Waals surface area contributed by atoms with E-state index in [9.17, 15) is 0 Å². The fourth-order valence-corrected chi connectivity index (χ4v) is 14.5. The predicted molar refractivity (Wildman–Crippen MR) is 393 cm³/mol. The number of rotatable bonds is 10. The van der Waals surface area contributed by atoms with E-state index >= 15 is 0 Å². The van der Waals surface area contributed by atoms with Crippen LogP contribution in [0.25, 0.3) is 66.1 Å². The highest BCUT2D eigenvalue weighted by molar-refractivity contribution is 7.00. The van der Waals surface area contributed by atoms with Crippen LogP contribution in [0.1, 0.15) is 52.7 Å². The highest BCUT2D eigenvalue weighted by Gasteiger charge is 2.45. The number of fused-ring (bicyclic) bond motifs is 10. The van der Waals surface area contributed by atoms with Crippen molar-refractivity contribution < 1.29 is 8.83 Å². The maximum Gasteiger partial charge on any atom is 0.252 e. The summed E-state index contributed by atoms with van der Waals surface area (Å²) in [6.45, 7) is 13.5. The van der Waals surface area contributed by atoms with Crippen molar-refractivity contribution >= 4 is 135 Å².